The Balaban J connectivity index is 2.82. The highest BCUT2D eigenvalue weighted by atomic mass is 16.2. The van der Waals surface area contributed by atoms with E-state index < -0.39 is 0 Å². The van der Waals surface area contributed by atoms with Gasteiger partial charge >= 0.3 is 0 Å². The van der Waals surface area contributed by atoms with Crippen molar-refractivity contribution in [2.75, 3.05) is 33.7 Å². The number of likely N-dealkylation sites (N-methyl/N-ethyl adjacent to an activating group) is 1. The Morgan fingerprint density at radius 3 is 2.25 bits per heavy atom. The van der Waals surface area contributed by atoms with E-state index in [9.17, 15) is 4.79 Å². The summed E-state index contributed by atoms with van der Waals surface area (Å²) in [5.41, 5.74) is 1.22. The predicted octanol–water partition coefficient (Wildman–Crippen LogP) is 2.22. The minimum absolute atomic E-state index is 0.0324. The van der Waals surface area contributed by atoms with Gasteiger partial charge in [0.15, 0.2) is 0 Å². The average Bonchev–Trinajstić information content (AvgIpc) is 2.42. The maximum atomic E-state index is 12.5. The maximum Gasteiger partial charge on any atom is 0.253 e. The molecule has 0 radical (unpaired) electrons. The highest BCUT2D eigenvalue weighted by Gasteiger charge is 2.16. The molecular formula is C16H23N3O. The lowest BCUT2D eigenvalue weighted by atomic mass is 10.1. The van der Waals surface area contributed by atoms with Crippen molar-refractivity contribution in [3.05, 3.63) is 35.4 Å². The Morgan fingerprint density at radius 1 is 1.20 bits per heavy atom. The monoisotopic (exact) mass is 273 g/mol. The zero-order chi connectivity index (χ0) is 15.1. The minimum atomic E-state index is 0.0324. The number of hydrogen-bond donors (Lipinski definition) is 0. The van der Waals surface area contributed by atoms with Crippen LogP contribution in [0.15, 0.2) is 24.3 Å². The van der Waals surface area contributed by atoms with E-state index in [2.05, 4.69) is 24.8 Å². The second kappa shape index (κ2) is 7.66. The van der Waals surface area contributed by atoms with Crippen LogP contribution in [0.3, 0.4) is 0 Å². The molecule has 0 aliphatic carbocycles. The van der Waals surface area contributed by atoms with Gasteiger partial charge in [0.25, 0.3) is 5.91 Å². The third-order valence-corrected chi connectivity index (χ3v) is 2.95. The van der Waals surface area contributed by atoms with Crippen LogP contribution < -0.4 is 0 Å². The standard InChI is InChI=1S/C16H23N3O/c1-13(2)12-19(10-9-18(3)4)16(20)15-7-5-14(11-17)6-8-15/h5-8,13H,9-10,12H2,1-4H3. The number of hydrogen-bond acceptors (Lipinski definition) is 3. The van der Waals surface area contributed by atoms with Crippen LogP contribution in [0.5, 0.6) is 0 Å². The summed E-state index contributed by atoms with van der Waals surface area (Å²) < 4.78 is 0. The number of benzene rings is 1. The second-order valence-electron chi connectivity index (χ2n) is 5.64. The van der Waals surface area contributed by atoms with Crippen molar-refractivity contribution in [2.45, 2.75) is 13.8 Å². The molecule has 0 atom stereocenters. The molecule has 4 heteroatoms. The molecule has 1 rings (SSSR count). The van der Waals surface area contributed by atoms with Crippen molar-refractivity contribution < 1.29 is 4.79 Å². The molecule has 0 aliphatic heterocycles. The van der Waals surface area contributed by atoms with E-state index in [0.29, 0.717) is 23.6 Å². The maximum absolute atomic E-state index is 12.5. The lowest BCUT2D eigenvalue weighted by Crippen LogP contribution is -2.39. The van der Waals surface area contributed by atoms with Crippen LogP contribution >= 0.6 is 0 Å². The summed E-state index contributed by atoms with van der Waals surface area (Å²) in [6.45, 7) is 6.51. The number of rotatable bonds is 6. The van der Waals surface area contributed by atoms with Gasteiger partial charge in [0, 0.05) is 25.2 Å². The molecule has 20 heavy (non-hydrogen) atoms. The zero-order valence-corrected chi connectivity index (χ0v) is 12.8. The molecule has 0 spiro atoms. The van der Waals surface area contributed by atoms with E-state index in [1.54, 1.807) is 24.3 Å². The van der Waals surface area contributed by atoms with E-state index in [-0.39, 0.29) is 5.91 Å². The van der Waals surface area contributed by atoms with Crippen LogP contribution in [-0.4, -0.2) is 49.4 Å². The summed E-state index contributed by atoms with van der Waals surface area (Å²) >= 11 is 0. The first kappa shape index (κ1) is 16.2. The van der Waals surface area contributed by atoms with Crippen LogP contribution in [0.2, 0.25) is 0 Å². The van der Waals surface area contributed by atoms with Crippen molar-refractivity contribution in [1.29, 1.82) is 5.26 Å². The number of nitriles is 1. The molecule has 0 aliphatic rings. The smallest absolute Gasteiger partial charge is 0.253 e. The van der Waals surface area contributed by atoms with Gasteiger partial charge in [-0.15, -0.1) is 0 Å². The largest absolute Gasteiger partial charge is 0.337 e. The van der Waals surface area contributed by atoms with Crippen LogP contribution in [0.1, 0.15) is 29.8 Å². The molecule has 0 fully saturated rings. The molecule has 1 aromatic rings. The van der Waals surface area contributed by atoms with E-state index in [0.717, 1.165) is 13.1 Å². The fourth-order valence-corrected chi connectivity index (χ4v) is 1.91. The molecule has 0 unspecified atom stereocenters. The van der Waals surface area contributed by atoms with Gasteiger partial charge in [0.2, 0.25) is 0 Å². The van der Waals surface area contributed by atoms with E-state index in [1.165, 1.54) is 0 Å². The Bertz CT molecular complexity index is 471. The molecule has 108 valence electrons. The summed E-state index contributed by atoms with van der Waals surface area (Å²) in [6.07, 6.45) is 0. The SMILES string of the molecule is CC(C)CN(CCN(C)C)C(=O)c1ccc(C#N)cc1. The second-order valence-corrected chi connectivity index (χ2v) is 5.64. The summed E-state index contributed by atoms with van der Waals surface area (Å²) in [5, 5.41) is 8.79. The third-order valence-electron chi connectivity index (χ3n) is 2.95. The molecule has 0 heterocycles. The van der Waals surface area contributed by atoms with Gasteiger partial charge in [-0.1, -0.05) is 13.8 Å². The molecule has 1 aromatic carbocycles. The van der Waals surface area contributed by atoms with Crippen LogP contribution in [0.25, 0.3) is 0 Å². The predicted molar refractivity (Wildman–Crippen MR) is 80.5 cm³/mol. The van der Waals surface area contributed by atoms with Crippen molar-refractivity contribution in [2.24, 2.45) is 5.92 Å². The highest BCUT2D eigenvalue weighted by Crippen LogP contribution is 2.09. The molecule has 0 aromatic heterocycles. The van der Waals surface area contributed by atoms with Gasteiger partial charge in [-0.25, -0.2) is 0 Å². The Morgan fingerprint density at radius 2 is 1.80 bits per heavy atom. The molecule has 1 amide bonds. The zero-order valence-electron chi connectivity index (χ0n) is 12.8. The third kappa shape index (κ3) is 5.02. The van der Waals surface area contributed by atoms with Crippen LogP contribution in [0.4, 0.5) is 0 Å². The summed E-state index contributed by atoms with van der Waals surface area (Å²) in [7, 11) is 4.00. The molecule has 0 saturated carbocycles. The Labute approximate surface area is 121 Å². The normalized spacial score (nSPS) is 10.7. The summed E-state index contributed by atoms with van der Waals surface area (Å²) in [4.78, 5) is 16.5. The lowest BCUT2D eigenvalue weighted by molar-refractivity contribution is 0.0724. The van der Waals surface area contributed by atoms with E-state index >= 15 is 0 Å². The van der Waals surface area contributed by atoms with Gasteiger partial charge < -0.3 is 9.80 Å². The highest BCUT2D eigenvalue weighted by molar-refractivity contribution is 5.94. The van der Waals surface area contributed by atoms with E-state index in [4.69, 9.17) is 5.26 Å². The lowest BCUT2D eigenvalue weighted by Gasteiger charge is -2.26. The molecule has 0 saturated heterocycles. The summed E-state index contributed by atoms with van der Waals surface area (Å²) in [6, 6.07) is 8.89. The molecule has 0 bridgehead atoms. The molecule has 0 N–H and O–H groups in total. The number of nitrogens with zero attached hydrogens (tertiary/aromatic N) is 3. The molecular weight excluding hydrogens is 250 g/mol. The van der Waals surface area contributed by atoms with Crippen molar-refractivity contribution >= 4 is 5.91 Å². The fourth-order valence-electron chi connectivity index (χ4n) is 1.91. The summed E-state index contributed by atoms with van der Waals surface area (Å²) in [5.74, 6) is 0.463. The number of amides is 1. The topological polar surface area (TPSA) is 47.3 Å². The number of carbonyl (C=O) groups is 1. The van der Waals surface area contributed by atoms with Crippen molar-refractivity contribution in [3.63, 3.8) is 0 Å². The van der Waals surface area contributed by atoms with Gasteiger partial charge in [-0.2, -0.15) is 5.26 Å². The first-order valence-electron chi connectivity index (χ1n) is 6.88. The van der Waals surface area contributed by atoms with Crippen LogP contribution in [-0.2, 0) is 0 Å². The first-order valence-corrected chi connectivity index (χ1v) is 6.88. The fraction of sp³-hybridized carbons (Fsp3) is 0.500. The first-order chi connectivity index (χ1) is 9.43. The minimum Gasteiger partial charge on any atom is -0.337 e. The van der Waals surface area contributed by atoms with Crippen LogP contribution in [0, 0.1) is 17.2 Å². The van der Waals surface area contributed by atoms with Gasteiger partial charge in [0.05, 0.1) is 11.6 Å². The van der Waals surface area contributed by atoms with Crippen molar-refractivity contribution in [1.82, 2.24) is 9.80 Å². The Hall–Kier alpha value is -1.86. The Kier molecular flexibility index (Phi) is 6.20. The van der Waals surface area contributed by atoms with Gasteiger partial charge in [-0.05, 0) is 44.3 Å². The quantitative estimate of drug-likeness (QED) is 0.798. The van der Waals surface area contributed by atoms with E-state index in [1.807, 2.05) is 19.0 Å². The van der Waals surface area contributed by atoms with Crippen molar-refractivity contribution in [3.8, 4) is 6.07 Å². The molecule has 4 nitrogen and oxygen atoms in total. The van der Waals surface area contributed by atoms with Gasteiger partial charge in [0.1, 0.15) is 0 Å². The average molecular weight is 273 g/mol. The van der Waals surface area contributed by atoms with Gasteiger partial charge in [-0.3, -0.25) is 4.79 Å². The number of carbonyl (C=O) groups excluding carboxylic acids is 1.